The van der Waals surface area contributed by atoms with Crippen LogP contribution in [-0.2, 0) is 27.1 Å². The number of fused-ring (bicyclic) bond motifs is 1. The molecule has 2 fully saturated rings. The van der Waals surface area contributed by atoms with Gasteiger partial charge >= 0.3 is 0 Å². The van der Waals surface area contributed by atoms with Crippen molar-refractivity contribution in [3.63, 3.8) is 0 Å². The normalized spacial score (nSPS) is 16.2. The molecule has 0 atom stereocenters. The van der Waals surface area contributed by atoms with Crippen LogP contribution in [0.15, 0.2) is 67.0 Å². The summed E-state index contributed by atoms with van der Waals surface area (Å²) in [6, 6.07) is 20.0. The molecule has 0 unspecified atom stereocenters. The molecule has 0 saturated carbocycles. The van der Waals surface area contributed by atoms with Gasteiger partial charge in [0.1, 0.15) is 17.4 Å². The second-order valence-electron chi connectivity index (χ2n) is 12.4. The zero-order valence-electron chi connectivity index (χ0n) is 27.3. The van der Waals surface area contributed by atoms with Gasteiger partial charge in [0.2, 0.25) is 16.0 Å². The summed E-state index contributed by atoms with van der Waals surface area (Å²) in [4.78, 5) is 28.8. The SMILES string of the molecule is CN(C)C1CCN(c2nc(N3CCOCC3)c3ncnc(N(CCCNS(=O)(=O)Cc4ccccc4)Cc4ccccc4)c3n2)CC1. The van der Waals surface area contributed by atoms with Crippen molar-refractivity contribution in [3.8, 4) is 0 Å². The van der Waals surface area contributed by atoms with Crippen molar-refractivity contribution in [2.45, 2.75) is 37.6 Å². The Bertz CT molecular complexity index is 1700. The molecule has 12 nitrogen and oxygen atoms in total. The monoisotopic (exact) mass is 659 g/mol. The van der Waals surface area contributed by atoms with Crippen LogP contribution in [0.3, 0.4) is 0 Å². The van der Waals surface area contributed by atoms with E-state index in [4.69, 9.17) is 24.7 Å². The van der Waals surface area contributed by atoms with Gasteiger partial charge in [-0.3, -0.25) is 0 Å². The minimum atomic E-state index is -3.48. The van der Waals surface area contributed by atoms with E-state index in [1.807, 2.05) is 48.5 Å². The highest BCUT2D eigenvalue weighted by atomic mass is 32.2. The third-order valence-corrected chi connectivity index (χ3v) is 10.2. The Labute approximate surface area is 277 Å². The highest BCUT2D eigenvalue weighted by Gasteiger charge is 2.27. The van der Waals surface area contributed by atoms with E-state index >= 15 is 0 Å². The molecule has 0 spiro atoms. The molecule has 6 rings (SSSR count). The first-order valence-electron chi connectivity index (χ1n) is 16.4. The molecule has 250 valence electrons. The van der Waals surface area contributed by atoms with Gasteiger partial charge in [-0.2, -0.15) is 4.98 Å². The highest BCUT2D eigenvalue weighted by Crippen LogP contribution is 2.32. The van der Waals surface area contributed by atoms with Crippen LogP contribution in [-0.4, -0.2) is 106 Å². The predicted molar refractivity (Wildman–Crippen MR) is 186 cm³/mol. The molecule has 2 aromatic heterocycles. The van der Waals surface area contributed by atoms with E-state index < -0.39 is 10.0 Å². The van der Waals surface area contributed by atoms with Gasteiger partial charge in [-0.05, 0) is 44.5 Å². The fraction of sp³-hybridized carbons (Fsp3) is 0.471. The van der Waals surface area contributed by atoms with Crippen LogP contribution in [0.1, 0.15) is 30.4 Å². The van der Waals surface area contributed by atoms with E-state index in [0.29, 0.717) is 68.1 Å². The van der Waals surface area contributed by atoms with Crippen molar-refractivity contribution < 1.29 is 13.2 Å². The minimum Gasteiger partial charge on any atom is -0.378 e. The van der Waals surface area contributed by atoms with Crippen LogP contribution >= 0.6 is 0 Å². The van der Waals surface area contributed by atoms with E-state index in [1.165, 1.54) is 0 Å². The molecule has 4 aromatic rings. The molecule has 2 aliphatic heterocycles. The molecular weight excluding hydrogens is 615 g/mol. The number of sulfonamides is 1. The lowest BCUT2D eigenvalue weighted by atomic mass is 10.0. The molecule has 0 bridgehead atoms. The lowest BCUT2D eigenvalue weighted by Gasteiger charge is -2.36. The molecule has 1 N–H and O–H groups in total. The Morgan fingerprint density at radius 2 is 1.53 bits per heavy atom. The first kappa shape index (κ1) is 33.0. The summed E-state index contributed by atoms with van der Waals surface area (Å²) >= 11 is 0. The van der Waals surface area contributed by atoms with Gasteiger partial charge in [0, 0.05) is 51.9 Å². The molecule has 13 heteroatoms. The van der Waals surface area contributed by atoms with E-state index in [2.05, 4.69) is 50.5 Å². The summed E-state index contributed by atoms with van der Waals surface area (Å²) < 4.78 is 34.1. The summed E-state index contributed by atoms with van der Waals surface area (Å²) in [5, 5.41) is 0. The van der Waals surface area contributed by atoms with Crippen molar-refractivity contribution >= 4 is 38.6 Å². The largest absolute Gasteiger partial charge is 0.378 e. The third-order valence-electron chi connectivity index (χ3n) is 8.86. The summed E-state index contributed by atoms with van der Waals surface area (Å²) in [7, 11) is 0.807. The van der Waals surface area contributed by atoms with E-state index in [1.54, 1.807) is 6.33 Å². The standard InChI is InChI=1S/C34H45N9O3S/c1-40(2)29-14-18-42(19-15-29)34-38-31-30(33(39-34)41-20-22-46-23-21-41)35-26-36-32(31)43(24-27-10-5-3-6-11-27)17-9-16-37-47(44,45)25-28-12-7-4-8-13-28/h3-8,10-13,26,29,37H,9,14-25H2,1-2H3. The zero-order valence-corrected chi connectivity index (χ0v) is 28.1. The first-order valence-corrected chi connectivity index (χ1v) is 18.1. The number of hydrogen-bond donors (Lipinski definition) is 1. The van der Waals surface area contributed by atoms with Crippen LogP contribution in [0.25, 0.3) is 11.0 Å². The molecule has 0 amide bonds. The minimum absolute atomic E-state index is 0.0477. The van der Waals surface area contributed by atoms with Crippen molar-refractivity contribution in [2.24, 2.45) is 0 Å². The lowest BCUT2D eigenvalue weighted by Crippen LogP contribution is -2.43. The Morgan fingerprint density at radius 3 is 2.21 bits per heavy atom. The number of benzene rings is 2. The maximum Gasteiger partial charge on any atom is 0.228 e. The number of aromatic nitrogens is 4. The molecule has 47 heavy (non-hydrogen) atoms. The van der Waals surface area contributed by atoms with Crippen molar-refractivity contribution in [3.05, 3.63) is 78.1 Å². The smallest absolute Gasteiger partial charge is 0.228 e. The Morgan fingerprint density at radius 1 is 0.851 bits per heavy atom. The summed E-state index contributed by atoms with van der Waals surface area (Å²) in [5.74, 6) is 2.17. The number of anilines is 3. The highest BCUT2D eigenvalue weighted by molar-refractivity contribution is 7.88. The van der Waals surface area contributed by atoms with Crippen molar-refractivity contribution in [2.75, 3.05) is 81.3 Å². The molecule has 2 aromatic carbocycles. The lowest BCUT2D eigenvalue weighted by molar-refractivity contribution is 0.122. The van der Waals surface area contributed by atoms with E-state index in [9.17, 15) is 8.42 Å². The Balaban J connectivity index is 1.30. The first-order chi connectivity index (χ1) is 22.9. The number of hydrogen-bond acceptors (Lipinski definition) is 11. The number of ether oxygens (including phenoxy) is 1. The second kappa shape index (κ2) is 15.3. The van der Waals surface area contributed by atoms with Crippen LogP contribution in [0.5, 0.6) is 0 Å². The maximum atomic E-state index is 12.8. The van der Waals surface area contributed by atoms with Crippen LogP contribution in [0.2, 0.25) is 0 Å². The number of nitrogens with zero attached hydrogens (tertiary/aromatic N) is 8. The molecule has 0 aliphatic carbocycles. The van der Waals surface area contributed by atoms with Gasteiger partial charge in [-0.1, -0.05) is 60.7 Å². The number of nitrogens with one attached hydrogen (secondary N) is 1. The van der Waals surface area contributed by atoms with Crippen molar-refractivity contribution in [1.29, 1.82) is 0 Å². The second-order valence-corrected chi connectivity index (χ2v) is 14.2. The van der Waals surface area contributed by atoms with Crippen LogP contribution in [0, 0.1) is 0 Å². The predicted octanol–water partition coefficient (Wildman–Crippen LogP) is 3.30. The van der Waals surface area contributed by atoms with Gasteiger partial charge in [-0.25, -0.2) is 28.1 Å². The maximum absolute atomic E-state index is 12.8. The molecular formula is C34H45N9O3S. The number of rotatable bonds is 13. The van der Waals surface area contributed by atoms with Gasteiger partial charge in [-0.15, -0.1) is 0 Å². The van der Waals surface area contributed by atoms with Crippen LogP contribution in [0.4, 0.5) is 17.6 Å². The molecule has 2 saturated heterocycles. The number of morpholine rings is 1. The van der Waals surface area contributed by atoms with E-state index in [-0.39, 0.29) is 5.75 Å². The Hall–Kier alpha value is -3.91. The topological polar surface area (TPSA) is 120 Å². The number of piperidine rings is 1. The third kappa shape index (κ3) is 8.52. The van der Waals surface area contributed by atoms with Gasteiger partial charge < -0.3 is 24.3 Å². The fourth-order valence-electron chi connectivity index (χ4n) is 6.27. The fourth-order valence-corrected chi connectivity index (χ4v) is 7.45. The average Bonchev–Trinajstić information content (AvgIpc) is 3.10. The quantitative estimate of drug-likeness (QED) is 0.213. The average molecular weight is 660 g/mol. The summed E-state index contributed by atoms with van der Waals surface area (Å²) in [6.45, 7) is 5.92. The van der Waals surface area contributed by atoms with Crippen LogP contribution < -0.4 is 19.4 Å². The van der Waals surface area contributed by atoms with Gasteiger partial charge in [0.15, 0.2) is 11.6 Å². The van der Waals surface area contributed by atoms with Gasteiger partial charge in [0.05, 0.1) is 19.0 Å². The van der Waals surface area contributed by atoms with Crippen molar-refractivity contribution in [1.82, 2.24) is 29.6 Å². The summed E-state index contributed by atoms with van der Waals surface area (Å²) in [5.41, 5.74) is 3.30. The Kier molecular flexibility index (Phi) is 10.8. The summed E-state index contributed by atoms with van der Waals surface area (Å²) in [6.07, 6.45) is 4.26. The zero-order chi connectivity index (χ0) is 32.6. The molecule has 0 radical (unpaired) electrons. The molecule has 4 heterocycles. The van der Waals surface area contributed by atoms with E-state index in [0.717, 1.165) is 56.0 Å². The molecule has 2 aliphatic rings. The van der Waals surface area contributed by atoms with Gasteiger partial charge in [0.25, 0.3) is 0 Å².